The van der Waals surface area contributed by atoms with Gasteiger partial charge in [0.2, 0.25) is 10.0 Å². The van der Waals surface area contributed by atoms with Crippen LogP contribution in [0.3, 0.4) is 0 Å². The number of sulfonamides is 1. The molecule has 4 rings (SSSR count). The predicted octanol–water partition coefficient (Wildman–Crippen LogP) is 0.600. The van der Waals surface area contributed by atoms with Crippen LogP contribution in [0, 0.1) is 0 Å². The summed E-state index contributed by atoms with van der Waals surface area (Å²) < 4.78 is 76.5. The summed E-state index contributed by atoms with van der Waals surface area (Å²) in [6.07, 6.45) is 1.82. The SMILES string of the molecule is O=S1(=O)CC[C@H](N([C@H]2CCS(=O)(=O)C2)S(=O)(=O)c2cccc3cccnc23)C1. The number of rotatable bonds is 4. The Morgan fingerprint density at radius 1 is 0.893 bits per heavy atom. The van der Waals surface area contributed by atoms with E-state index in [-0.39, 0.29) is 46.3 Å². The van der Waals surface area contributed by atoms with Crippen LogP contribution in [0.25, 0.3) is 10.9 Å². The first kappa shape index (κ1) is 19.7. The average molecular weight is 445 g/mol. The molecule has 0 spiro atoms. The van der Waals surface area contributed by atoms with E-state index in [1.165, 1.54) is 12.3 Å². The number of para-hydroxylation sites is 1. The molecule has 0 aliphatic carbocycles. The zero-order valence-corrected chi connectivity index (χ0v) is 17.4. The highest BCUT2D eigenvalue weighted by Crippen LogP contribution is 2.33. The van der Waals surface area contributed by atoms with Gasteiger partial charge >= 0.3 is 0 Å². The van der Waals surface area contributed by atoms with Crippen LogP contribution in [0.5, 0.6) is 0 Å². The zero-order valence-electron chi connectivity index (χ0n) is 14.9. The second kappa shape index (κ2) is 6.75. The Hall–Kier alpha value is -1.56. The van der Waals surface area contributed by atoms with Crippen LogP contribution in [0.4, 0.5) is 0 Å². The molecule has 0 saturated carbocycles. The summed E-state index contributed by atoms with van der Waals surface area (Å²) in [6, 6.07) is 6.68. The van der Waals surface area contributed by atoms with Gasteiger partial charge in [0.25, 0.3) is 0 Å². The second-order valence-corrected chi connectivity index (χ2v) is 13.5. The first-order valence-corrected chi connectivity index (χ1v) is 14.0. The van der Waals surface area contributed by atoms with E-state index in [1.54, 1.807) is 24.3 Å². The van der Waals surface area contributed by atoms with Gasteiger partial charge in [-0.1, -0.05) is 18.2 Å². The number of aromatic nitrogens is 1. The number of hydrogen-bond donors (Lipinski definition) is 0. The summed E-state index contributed by atoms with van der Waals surface area (Å²) in [5.41, 5.74) is 0.289. The van der Waals surface area contributed by atoms with Crippen molar-refractivity contribution in [3.63, 3.8) is 0 Å². The fraction of sp³-hybridized carbons (Fsp3) is 0.471. The van der Waals surface area contributed by atoms with Crippen molar-refractivity contribution in [1.82, 2.24) is 9.29 Å². The molecule has 0 amide bonds. The zero-order chi connectivity index (χ0) is 20.2. The number of fused-ring (bicyclic) bond motifs is 1. The van der Waals surface area contributed by atoms with Crippen LogP contribution in [0.2, 0.25) is 0 Å². The summed E-state index contributed by atoms with van der Waals surface area (Å²) >= 11 is 0. The smallest absolute Gasteiger partial charge is 0.245 e. The van der Waals surface area contributed by atoms with Crippen LogP contribution in [0.15, 0.2) is 41.4 Å². The fourth-order valence-corrected chi connectivity index (χ4v) is 9.69. The Morgan fingerprint density at radius 3 is 2.00 bits per heavy atom. The third-order valence-electron chi connectivity index (χ3n) is 5.29. The molecule has 0 bridgehead atoms. The lowest BCUT2D eigenvalue weighted by atomic mass is 10.2. The maximum absolute atomic E-state index is 13.6. The van der Waals surface area contributed by atoms with Crippen LogP contribution < -0.4 is 0 Å². The molecule has 2 aliphatic heterocycles. The second-order valence-electron chi connectivity index (χ2n) is 7.28. The number of hydrogen-bond acceptors (Lipinski definition) is 7. The maximum atomic E-state index is 13.6. The molecule has 152 valence electrons. The molecule has 2 aromatic rings. The normalized spacial score (nSPS) is 26.8. The van der Waals surface area contributed by atoms with Crippen LogP contribution in [0.1, 0.15) is 12.8 Å². The van der Waals surface area contributed by atoms with Crippen molar-refractivity contribution in [3.05, 3.63) is 36.5 Å². The van der Waals surface area contributed by atoms with Gasteiger partial charge in [0.1, 0.15) is 4.90 Å². The molecule has 0 radical (unpaired) electrons. The lowest BCUT2D eigenvalue weighted by Gasteiger charge is -2.32. The van der Waals surface area contributed by atoms with E-state index in [0.717, 1.165) is 4.31 Å². The first-order valence-electron chi connectivity index (χ1n) is 8.87. The standard InChI is InChI=1S/C17H20N2O6S3/c20-26(21)9-6-14(11-26)19(15-7-10-27(22,23)12-15)28(24,25)16-5-1-3-13-4-2-8-18-17(13)16/h1-5,8,14-15H,6-7,9-12H2/t14-,15-/m0/s1. The van der Waals surface area contributed by atoms with Gasteiger partial charge in [0.05, 0.1) is 28.5 Å². The van der Waals surface area contributed by atoms with Crippen molar-refractivity contribution in [1.29, 1.82) is 0 Å². The van der Waals surface area contributed by atoms with E-state index in [0.29, 0.717) is 5.39 Å². The van der Waals surface area contributed by atoms with Crippen LogP contribution >= 0.6 is 0 Å². The monoisotopic (exact) mass is 444 g/mol. The Bertz CT molecular complexity index is 1190. The lowest BCUT2D eigenvalue weighted by molar-refractivity contribution is 0.280. The molecule has 28 heavy (non-hydrogen) atoms. The summed E-state index contributed by atoms with van der Waals surface area (Å²) in [5.74, 6) is -0.782. The van der Waals surface area contributed by atoms with Gasteiger partial charge < -0.3 is 0 Å². The minimum absolute atomic E-state index is 0.0285. The predicted molar refractivity (Wildman–Crippen MR) is 105 cm³/mol. The van der Waals surface area contributed by atoms with Gasteiger partial charge in [-0.05, 0) is 25.0 Å². The summed E-state index contributed by atoms with van der Waals surface area (Å²) in [6.45, 7) is 0. The van der Waals surface area contributed by atoms with Gasteiger partial charge in [0, 0.05) is 23.7 Å². The molecule has 3 heterocycles. The Kier molecular flexibility index (Phi) is 4.76. The summed E-state index contributed by atoms with van der Waals surface area (Å²) in [7, 11) is -10.9. The highest BCUT2D eigenvalue weighted by molar-refractivity contribution is 7.92. The number of pyridine rings is 1. The molecule has 1 aromatic carbocycles. The van der Waals surface area contributed by atoms with Crippen molar-refractivity contribution >= 4 is 40.6 Å². The lowest BCUT2D eigenvalue weighted by Crippen LogP contribution is -2.48. The van der Waals surface area contributed by atoms with Crippen LogP contribution in [-0.4, -0.2) is 69.6 Å². The Morgan fingerprint density at radius 2 is 1.46 bits per heavy atom. The van der Waals surface area contributed by atoms with E-state index in [4.69, 9.17) is 0 Å². The largest absolute Gasteiger partial charge is 0.255 e. The molecular formula is C17H20N2O6S3. The van der Waals surface area contributed by atoms with Gasteiger partial charge in [-0.25, -0.2) is 25.3 Å². The molecule has 0 N–H and O–H groups in total. The van der Waals surface area contributed by atoms with Crippen molar-refractivity contribution < 1.29 is 25.3 Å². The molecular weight excluding hydrogens is 424 g/mol. The molecule has 0 unspecified atom stereocenters. The van der Waals surface area contributed by atoms with E-state index < -0.39 is 41.8 Å². The highest BCUT2D eigenvalue weighted by Gasteiger charge is 2.46. The summed E-state index contributed by atoms with van der Waals surface area (Å²) in [5, 5.41) is 0.640. The number of sulfone groups is 2. The molecule has 2 aliphatic rings. The Balaban J connectivity index is 1.85. The van der Waals surface area contributed by atoms with Crippen molar-refractivity contribution in [2.75, 3.05) is 23.0 Å². The average Bonchev–Trinajstić information content (AvgIpc) is 3.15. The molecule has 2 saturated heterocycles. The van der Waals surface area contributed by atoms with Gasteiger partial charge in [-0.3, -0.25) is 4.98 Å². The van der Waals surface area contributed by atoms with Crippen LogP contribution in [-0.2, 0) is 29.7 Å². The van der Waals surface area contributed by atoms with E-state index in [9.17, 15) is 25.3 Å². The topological polar surface area (TPSA) is 119 Å². The minimum Gasteiger partial charge on any atom is -0.255 e. The van der Waals surface area contributed by atoms with E-state index in [2.05, 4.69) is 4.98 Å². The van der Waals surface area contributed by atoms with Gasteiger partial charge in [0.15, 0.2) is 19.7 Å². The van der Waals surface area contributed by atoms with Gasteiger partial charge in [-0.15, -0.1) is 0 Å². The van der Waals surface area contributed by atoms with Crippen molar-refractivity contribution in [2.45, 2.75) is 29.8 Å². The number of benzene rings is 1. The molecule has 2 atom stereocenters. The first-order chi connectivity index (χ1) is 13.1. The third-order valence-corrected chi connectivity index (χ3v) is 10.8. The van der Waals surface area contributed by atoms with Crippen molar-refractivity contribution in [3.8, 4) is 0 Å². The quantitative estimate of drug-likeness (QED) is 0.677. The molecule has 11 heteroatoms. The molecule has 1 aromatic heterocycles. The van der Waals surface area contributed by atoms with E-state index in [1.807, 2.05) is 0 Å². The highest BCUT2D eigenvalue weighted by atomic mass is 32.2. The number of nitrogens with zero attached hydrogens (tertiary/aromatic N) is 2. The molecule has 2 fully saturated rings. The minimum atomic E-state index is -4.15. The van der Waals surface area contributed by atoms with E-state index >= 15 is 0 Å². The van der Waals surface area contributed by atoms with Crippen molar-refractivity contribution in [2.24, 2.45) is 0 Å². The molecule has 8 nitrogen and oxygen atoms in total. The Labute approximate surface area is 164 Å². The summed E-state index contributed by atoms with van der Waals surface area (Å²) in [4.78, 5) is 4.17. The maximum Gasteiger partial charge on any atom is 0.245 e. The fourth-order valence-electron chi connectivity index (χ4n) is 4.04. The third kappa shape index (κ3) is 3.56. The van der Waals surface area contributed by atoms with Gasteiger partial charge in [-0.2, -0.15) is 4.31 Å².